The van der Waals surface area contributed by atoms with E-state index in [2.05, 4.69) is 37.2 Å². The van der Waals surface area contributed by atoms with Gasteiger partial charge in [0.25, 0.3) is 0 Å². The Morgan fingerprint density at radius 3 is 2.27 bits per heavy atom. The first-order valence-electron chi connectivity index (χ1n) is 10.5. The Kier molecular flexibility index (Phi) is 14.6. The highest BCUT2D eigenvalue weighted by atomic mass is 16.4. The molecule has 2 amide bonds. The van der Waals surface area contributed by atoms with Gasteiger partial charge in [-0.15, -0.1) is 0 Å². The fourth-order valence-electron chi connectivity index (χ4n) is 2.96. The Hall–Kier alpha value is -1.99. The number of carbonyl (C=O) groups is 3. The van der Waals surface area contributed by atoms with Crippen LogP contribution >= 0.6 is 0 Å². The van der Waals surface area contributed by atoms with Gasteiger partial charge in [-0.1, -0.05) is 0 Å². The fourth-order valence-corrected chi connectivity index (χ4v) is 2.96. The van der Waals surface area contributed by atoms with E-state index in [1.807, 2.05) is 0 Å². The van der Waals surface area contributed by atoms with E-state index >= 15 is 0 Å². The maximum atomic E-state index is 11.5. The number of carboxylic acids is 2. The molecule has 9 N–H and O–H groups in total. The molecule has 1 heterocycles. The lowest BCUT2D eigenvalue weighted by Crippen LogP contribution is -2.49. The summed E-state index contributed by atoms with van der Waals surface area (Å²) in [4.78, 5) is 33.2. The molecule has 0 radical (unpaired) electrons. The average molecular weight is 432 g/mol. The molecule has 0 aromatic heterocycles. The number of amides is 2. The van der Waals surface area contributed by atoms with Gasteiger partial charge >= 0.3 is 18.0 Å². The number of unbranched alkanes of at least 4 members (excludes halogenated alkanes) is 1. The standard InChI is InChI=1S/C18H37N7O5/c26-16(27)13-24-18(30)25-15(17(28)29)3-1-2-4-21-11-14-12-22-8-7-19-5-6-20-9-10-23-14/h14-15,19-23H,1-13H2,(H,26,27)(H,28,29)(H2,24,25,30). The largest absolute Gasteiger partial charge is 0.480 e. The molecule has 0 aromatic rings. The molecule has 1 fully saturated rings. The van der Waals surface area contributed by atoms with Gasteiger partial charge in [-0.05, 0) is 25.8 Å². The van der Waals surface area contributed by atoms with Crippen LogP contribution in [0.3, 0.4) is 0 Å². The lowest BCUT2D eigenvalue weighted by atomic mass is 10.1. The van der Waals surface area contributed by atoms with Gasteiger partial charge in [-0.2, -0.15) is 0 Å². The molecule has 0 aromatic carbocycles. The van der Waals surface area contributed by atoms with Crippen LogP contribution in [0.2, 0.25) is 0 Å². The Labute approximate surface area is 177 Å². The van der Waals surface area contributed by atoms with Crippen LogP contribution in [-0.2, 0) is 9.59 Å². The SMILES string of the molecule is O=C(O)CNC(=O)NC(CCCCNCC1CNCCNCCNCCN1)C(=O)O. The number of carboxylic acid groups (broad SMARTS) is 2. The number of urea groups is 1. The van der Waals surface area contributed by atoms with Gasteiger partial charge in [0.15, 0.2) is 0 Å². The minimum atomic E-state index is -1.19. The Morgan fingerprint density at radius 1 is 0.933 bits per heavy atom. The lowest BCUT2D eigenvalue weighted by Gasteiger charge is -2.21. The summed E-state index contributed by atoms with van der Waals surface area (Å²) in [5, 5.41) is 39.2. The van der Waals surface area contributed by atoms with Crippen molar-refractivity contribution >= 4 is 18.0 Å². The molecule has 0 spiro atoms. The summed E-state index contributed by atoms with van der Waals surface area (Å²) in [5.74, 6) is -2.33. The molecule has 1 saturated heterocycles. The first kappa shape index (κ1) is 26.0. The van der Waals surface area contributed by atoms with Gasteiger partial charge < -0.3 is 47.4 Å². The van der Waals surface area contributed by atoms with Gasteiger partial charge in [0.2, 0.25) is 0 Å². The van der Waals surface area contributed by atoms with E-state index in [0.29, 0.717) is 12.5 Å². The predicted octanol–water partition coefficient (Wildman–Crippen LogP) is -2.68. The molecule has 0 saturated carbocycles. The third kappa shape index (κ3) is 14.1. The highest BCUT2D eigenvalue weighted by molar-refractivity contribution is 5.84. The van der Waals surface area contributed by atoms with Crippen LogP contribution in [0, 0.1) is 0 Å². The maximum absolute atomic E-state index is 11.5. The first-order chi connectivity index (χ1) is 14.5. The van der Waals surface area contributed by atoms with E-state index in [1.165, 1.54) is 0 Å². The van der Waals surface area contributed by atoms with Gasteiger partial charge in [0, 0.05) is 58.4 Å². The van der Waals surface area contributed by atoms with Crippen LogP contribution in [0.25, 0.3) is 0 Å². The van der Waals surface area contributed by atoms with Crippen molar-refractivity contribution in [3.8, 4) is 0 Å². The Morgan fingerprint density at radius 2 is 1.60 bits per heavy atom. The summed E-state index contributed by atoms with van der Waals surface area (Å²) in [6.45, 7) is 7.45. The predicted molar refractivity (Wildman–Crippen MR) is 113 cm³/mol. The molecule has 1 aliphatic heterocycles. The number of nitrogens with one attached hydrogen (secondary N) is 7. The zero-order valence-electron chi connectivity index (χ0n) is 17.5. The van der Waals surface area contributed by atoms with E-state index in [1.54, 1.807) is 0 Å². The second-order valence-corrected chi connectivity index (χ2v) is 7.17. The van der Waals surface area contributed by atoms with E-state index in [-0.39, 0.29) is 6.42 Å². The lowest BCUT2D eigenvalue weighted by molar-refractivity contribution is -0.139. The van der Waals surface area contributed by atoms with E-state index < -0.39 is 30.6 Å². The third-order valence-corrected chi connectivity index (χ3v) is 4.57. The molecule has 1 rings (SSSR count). The normalized spacial score (nSPS) is 19.7. The summed E-state index contributed by atoms with van der Waals surface area (Å²) in [6.07, 6.45) is 1.67. The fraction of sp³-hybridized carbons (Fsp3) is 0.833. The highest BCUT2D eigenvalue weighted by Crippen LogP contribution is 2.01. The number of aliphatic carboxylic acids is 2. The summed E-state index contributed by atoms with van der Waals surface area (Å²) in [7, 11) is 0. The highest BCUT2D eigenvalue weighted by Gasteiger charge is 2.19. The van der Waals surface area contributed by atoms with E-state index in [9.17, 15) is 19.5 Å². The monoisotopic (exact) mass is 431 g/mol. The second-order valence-electron chi connectivity index (χ2n) is 7.17. The van der Waals surface area contributed by atoms with E-state index in [4.69, 9.17) is 5.11 Å². The molecule has 1 aliphatic rings. The second kappa shape index (κ2) is 16.8. The Balaban J connectivity index is 2.19. The number of rotatable bonds is 11. The molecule has 2 atom stereocenters. The summed E-state index contributed by atoms with van der Waals surface area (Å²) in [5.41, 5.74) is 0. The van der Waals surface area contributed by atoms with Crippen molar-refractivity contribution in [2.75, 3.05) is 65.4 Å². The topological polar surface area (TPSA) is 176 Å². The number of carbonyl (C=O) groups excluding carboxylic acids is 1. The van der Waals surface area contributed by atoms with Crippen molar-refractivity contribution in [1.82, 2.24) is 37.2 Å². The van der Waals surface area contributed by atoms with Crippen molar-refractivity contribution in [2.24, 2.45) is 0 Å². The van der Waals surface area contributed by atoms with Crippen LogP contribution in [0.1, 0.15) is 19.3 Å². The minimum absolute atomic E-state index is 0.277. The van der Waals surface area contributed by atoms with E-state index in [0.717, 1.165) is 65.3 Å². The van der Waals surface area contributed by atoms with Crippen LogP contribution in [0.15, 0.2) is 0 Å². The summed E-state index contributed by atoms with van der Waals surface area (Å²) < 4.78 is 0. The smallest absolute Gasteiger partial charge is 0.326 e. The van der Waals surface area contributed by atoms with Crippen molar-refractivity contribution in [2.45, 2.75) is 31.3 Å². The van der Waals surface area contributed by atoms with Crippen molar-refractivity contribution in [3.63, 3.8) is 0 Å². The molecule has 174 valence electrons. The van der Waals surface area contributed by atoms with Gasteiger partial charge in [-0.3, -0.25) is 4.79 Å². The molecule has 30 heavy (non-hydrogen) atoms. The van der Waals surface area contributed by atoms with Gasteiger partial charge in [0.1, 0.15) is 12.6 Å². The van der Waals surface area contributed by atoms with Crippen molar-refractivity contribution in [1.29, 1.82) is 0 Å². The molecule has 0 aliphatic carbocycles. The maximum Gasteiger partial charge on any atom is 0.326 e. The minimum Gasteiger partial charge on any atom is -0.480 e. The van der Waals surface area contributed by atoms with Crippen LogP contribution in [-0.4, -0.2) is 106 Å². The summed E-state index contributed by atoms with van der Waals surface area (Å²) in [6, 6.07) is -1.54. The number of hydrogen-bond donors (Lipinski definition) is 9. The number of hydrogen-bond acceptors (Lipinski definition) is 8. The molecular formula is C18H37N7O5. The molecule has 12 heteroatoms. The third-order valence-electron chi connectivity index (χ3n) is 4.57. The van der Waals surface area contributed by atoms with Crippen LogP contribution < -0.4 is 37.2 Å². The van der Waals surface area contributed by atoms with Gasteiger partial charge in [0.05, 0.1) is 0 Å². The van der Waals surface area contributed by atoms with Gasteiger partial charge in [-0.25, -0.2) is 9.59 Å². The molecule has 2 unspecified atom stereocenters. The quantitative estimate of drug-likeness (QED) is 0.157. The Bertz CT molecular complexity index is 497. The van der Waals surface area contributed by atoms with Crippen LogP contribution in [0.4, 0.5) is 4.79 Å². The first-order valence-corrected chi connectivity index (χ1v) is 10.5. The molecular weight excluding hydrogens is 394 g/mol. The zero-order valence-corrected chi connectivity index (χ0v) is 17.5. The molecule has 0 bridgehead atoms. The van der Waals surface area contributed by atoms with Crippen molar-refractivity contribution in [3.05, 3.63) is 0 Å². The zero-order chi connectivity index (χ0) is 22.0. The summed E-state index contributed by atoms with van der Waals surface area (Å²) >= 11 is 0. The van der Waals surface area contributed by atoms with Crippen molar-refractivity contribution < 1.29 is 24.6 Å². The molecule has 12 nitrogen and oxygen atoms in total. The van der Waals surface area contributed by atoms with Crippen LogP contribution in [0.5, 0.6) is 0 Å². The average Bonchev–Trinajstić information content (AvgIpc) is 2.69.